The van der Waals surface area contributed by atoms with Crippen molar-refractivity contribution in [3.05, 3.63) is 42.1 Å². The van der Waals surface area contributed by atoms with Gasteiger partial charge >= 0.3 is 0 Å². The van der Waals surface area contributed by atoms with Crippen molar-refractivity contribution in [2.75, 3.05) is 39.8 Å². The second-order valence-corrected chi connectivity index (χ2v) is 5.23. The Morgan fingerprint density at radius 3 is 2.52 bits per heavy atom. The highest BCUT2D eigenvalue weighted by molar-refractivity contribution is 5.94. The maximum atomic E-state index is 12.0. The van der Waals surface area contributed by atoms with E-state index in [0.717, 1.165) is 12.1 Å². The number of nitrogens with one attached hydrogen (secondary N) is 2. The number of amides is 1. The van der Waals surface area contributed by atoms with E-state index in [1.54, 1.807) is 33.5 Å². The fraction of sp³-hybridized carbons (Fsp3) is 0.333. The Morgan fingerprint density at radius 1 is 1.08 bits per heavy atom. The number of carbonyl (C=O) groups is 1. The van der Waals surface area contributed by atoms with Crippen LogP contribution >= 0.6 is 0 Å². The third-order valence-electron chi connectivity index (χ3n) is 3.49. The van der Waals surface area contributed by atoms with Gasteiger partial charge in [0.2, 0.25) is 0 Å². The number of anilines is 2. The second-order valence-electron chi connectivity index (χ2n) is 5.23. The molecule has 7 heteroatoms. The van der Waals surface area contributed by atoms with E-state index in [9.17, 15) is 4.79 Å². The van der Waals surface area contributed by atoms with Gasteiger partial charge in [0, 0.05) is 38.2 Å². The molecule has 2 aromatic rings. The molecule has 0 aliphatic rings. The third kappa shape index (κ3) is 5.36. The summed E-state index contributed by atoms with van der Waals surface area (Å²) in [7, 11) is 4.81. The van der Waals surface area contributed by atoms with Crippen molar-refractivity contribution < 1.29 is 19.0 Å². The Kier molecular flexibility index (Phi) is 7.03. The van der Waals surface area contributed by atoms with E-state index in [-0.39, 0.29) is 5.91 Å². The molecule has 7 nitrogen and oxygen atoms in total. The summed E-state index contributed by atoms with van der Waals surface area (Å²) in [6.07, 6.45) is 2.31. The van der Waals surface area contributed by atoms with Gasteiger partial charge in [-0.15, -0.1) is 0 Å². The summed E-state index contributed by atoms with van der Waals surface area (Å²) in [6, 6.07) is 8.96. The fourth-order valence-corrected chi connectivity index (χ4v) is 2.18. The lowest BCUT2D eigenvalue weighted by Gasteiger charge is -2.11. The molecule has 0 aliphatic heterocycles. The zero-order valence-corrected chi connectivity index (χ0v) is 14.7. The van der Waals surface area contributed by atoms with Gasteiger partial charge in [0.15, 0.2) is 11.5 Å². The number of hydrogen-bond acceptors (Lipinski definition) is 6. The van der Waals surface area contributed by atoms with Crippen molar-refractivity contribution >= 4 is 17.4 Å². The van der Waals surface area contributed by atoms with E-state index >= 15 is 0 Å². The SMILES string of the molecule is COCCCNC(=O)c1ccc(Nc2ccc(OC)c(OC)c2)nc1. The summed E-state index contributed by atoms with van der Waals surface area (Å²) in [5, 5.41) is 5.98. The monoisotopic (exact) mass is 345 g/mol. The second kappa shape index (κ2) is 9.48. The Labute approximate surface area is 147 Å². The first kappa shape index (κ1) is 18.5. The zero-order valence-electron chi connectivity index (χ0n) is 14.7. The number of methoxy groups -OCH3 is 3. The number of ether oxygens (including phenoxy) is 3. The van der Waals surface area contributed by atoms with Gasteiger partial charge in [0.25, 0.3) is 5.91 Å². The van der Waals surface area contributed by atoms with Crippen LogP contribution in [0.1, 0.15) is 16.8 Å². The van der Waals surface area contributed by atoms with E-state index in [1.165, 1.54) is 6.20 Å². The number of aromatic nitrogens is 1. The average molecular weight is 345 g/mol. The van der Waals surface area contributed by atoms with Crippen molar-refractivity contribution in [3.8, 4) is 11.5 Å². The lowest BCUT2D eigenvalue weighted by atomic mass is 10.2. The molecule has 0 saturated carbocycles. The lowest BCUT2D eigenvalue weighted by molar-refractivity contribution is 0.0948. The van der Waals surface area contributed by atoms with Crippen LogP contribution in [0.4, 0.5) is 11.5 Å². The molecule has 0 saturated heterocycles. The highest BCUT2D eigenvalue weighted by Crippen LogP contribution is 2.30. The molecule has 0 unspecified atom stereocenters. The van der Waals surface area contributed by atoms with Gasteiger partial charge in [-0.3, -0.25) is 4.79 Å². The van der Waals surface area contributed by atoms with E-state index in [0.29, 0.717) is 36.0 Å². The first-order valence-electron chi connectivity index (χ1n) is 7.90. The Hall–Kier alpha value is -2.80. The number of nitrogens with zero attached hydrogens (tertiary/aromatic N) is 1. The Bertz CT molecular complexity index is 689. The molecule has 1 heterocycles. The normalized spacial score (nSPS) is 10.2. The summed E-state index contributed by atoms with van der Waals surface area (Å²) in [4.78, 5) is 16.3. The van der Waals surface area contributed by atoms with Gasteiger partial charge in [0.1, 0.15) is 5.82 Å². The van der Waals surface area contributed by atoms with E-state index in [1.807, 2.05) is 18.2 Å². The molecule has 0 atom stereocenters. The highest BCUT2D eigenvalue weighted by Gasteiger charge is 2.07. The minimum atomic E-state index is -0.152. The Balaban J connectivity index is 1.97. The van der Waals surface area contributed by atoms with Crippen LogP contribution in [0.25, 0.3) is 0 Å². The van der Waals surface area contributed by atoms with Crippen LogP contribution in [0.2, 0.25) is 0 Å². The topological polar surface area (TPSA) is 81.7 Å². The number of pyridine rings is 1. The quantitative estimate of drug-likeness (QED) is 0.680. The van der Waals surface area contributed by atoms with Gasteiger partial charge in [-0.1, -0.05) is 0 Å². The maximum Gasteiger partial charge on any atom is 0.252 e. The average Bonchev–Trinajstić information content (AvgIpc) is 2.65. The van der Waals surface area contributed by atoms with Crippen LogP contribution in [-0.2, 0) is 4.74 Å². The van der Waals surface area contributed by atoms with Crippen molar-refractivity contribution in [1.29, 1.82) is 0 Å². The third-order valence-corrected chi connectivity index (χ3v) is 3.49. The molecule has 0 aliphatic carbocycles. The fourth-order valence-electron chi connectivity index (χ4n) is 2.18. The summed E-state index contributed by atoms with van der Waals surface area (Å²) < 4.78 is 15.4. The maximum absolute atomic E-state index is 12.0. The standard InChI is InChI=1S/C18H23N3O4/c1-23-10-4-9-19-18(22)13-5-8-17(20-12-13)21-14-6-7-15(24-2)16(11-14)25-3/h5-8,11-12H,4,9-10H2,1-3H3,(H,19,22)(H,20,21). The predicted octanol–water partition coefficient (Wildman–Crippen LogP) is 2.61. The van der Waals surface area contributed by atoms with Gasteiger partial charge in [-0.2, -0.15) is 0 Å². The van der Waals surface area contributed by atoms with Crippen LogP contribution in [0, 0.1) is 0 Å². The van der Waals surface area contributed by atoms with Crippen molar-refractivity contribution in [2.45, 2.75) is 6.42 Å². The zero-order chi connectivity index (χ0) is 18.1. The molecule has 25 heavy (non-hydrogen) atoms. The first-order valence-corrected chi connectivity index (χ1v) is 7.90. The summed E-state index contributed by atoms with van der Waals surface area (Å²) in [5.74, 6) is 1.76. The highest BCUT2D eigenvalue weighted by atomic mass is 16.5. The molecule has 1 aromatic carbocycles. The van der Waals surface area contributed by atoms with Crippen molar-refractivity contribution in [2.24, 2.45) is 0 Å². The first-order chi connectivity index (χ1) is 12.2. The summed E-state index contributed by atoms with van der Waals surface area (Å²) in [5.41, 5.74) is 1.32. The number of carbonyl (C=O) groups excluding carboxylic acids is 1. The number of hydrogen-bond donors (Lipinski definition) is 2. The molecule has 2 N–H and O–H groups in total. The molecule has 0 radical (unpaired) electrons. The molecular formula is C18H23N3O4. The molecule has 2 rings (SSSR count). The van der Waals surface area contributed by atoms with Crippen LogP contribution in [0.15, 0.2) is 36.5 Å². The molecule has 1 amide bonds. The smallest absolute Gasteiger partial charge is 0.252 e. The van der Waals surface area contributed by atoms with Crippen LogP contribution in [0.3, 0.4) is 0 Å². The lowest BCUT2D eigenvalue weighted by Crippen LogP contribution is -2.25. The number of benzene rings is 1. The minimum Gasteiger partial charge on any atom is -0.493 e. The van der Waals surface area contributed by atoms with Gasteiger partial charge < -0.3 is 24.8 Å². The van der Waals surface area contributed by atoms with E-state index in [4.69, 9.17) is 14.2 Å². The summed E-state index contributed by atoms with van der Waals surface area (Å²) in [6.45, 7) is 1.19. The molecule has 134 valence electrons. The minimum absolute atomic E-state index is 0.152. The van der Waals surface area contributed by atoms with E-state index in [2.05, 4.69) is 15.6 Å². The van der Waals surface area contributed by atoms with Crippen molar-refractivity contribution in [3.63, 3.8) is 0 Å². The predicted molar refractivity (Wildman–Crippen MR) is 95.9 cm³/mol. The molecule has 0 fully saturated rings. The van der Waals surface area contributed by atoms with E-state index < -0.39 is 0 Å². The molecule has 0 bridgehead atoms. The largest absolute Gasteiger partial charge is 0.493 e. The van der Waals surface area contributed by atoms with Crippen LogP contribution in [0.5, 0.6) is 11.5 Å². The van der Waals surface area contributed by atoms with Gasteiger partial charge in [0.05, 0.1) is 19.8 Å². The Morgan fingerprint density at radius 2 is 1.88 bits per heavy atom. The number of rotatable bonds is 9. The van der Waals surface area contributed by atoms with Crippen molar-refractivity contribution in [1.82, 2.24) is 10.3 Å². The molecule has 0 spiro atoms. The van der Waals surface area contributed by atoms with Crippen LogP contribution in [-0.4, -0.2) is 45.4 Å². The van der Waals surface area contributed by atoms with Crippen LogP contribution < -0.4 is 20.1 Å². The van der Waals surface area contributed by atoms with Gasteiger partial charge in [-0.05, 0) is 30.7 Å². The molecular weight excluding hydrogens is 322 g/mol. The molecule has 1 aromatic heterocycles. The summed E-state index contributed by atoms with van der Waals surface area (Å²) >= 11 is 0. The van der Waals surface area contributed by atoms with Gasteiger partial charge in [-0.25, -0.2) is 4.98 Å².